The minimum absolute atomic E-state index is 0.176. The Morgan fingerprint density at radius 1 is 1.38 bits per heavy atom. The van der Waals surface area contributed by atoms with E-state index in [2.05, 4.69) is 26.6 Å². The summed E-state index contributed by atoms with van der Waals surface area (Å²) in [4.78, 5) is 16.5. The van der Waals surface area contributed by atoms with Gasteiger partial charge >= 0.3 is 0 Å². The second-order valence-electron chi connectivity index (χ2n) is 5.91. The van der Waals surface area contributed by atoms with Crippen LogP contribution in [0, 0.1) is 17.2 Å². The second-order valence-corrected chi connectivity index (χ2v) is 6.86. The zero-order valence-corrected chi connectivity index (χ0v) is 14.1. The number of nitrogens with one attached hydrogen (secondary N) is 2. The van der Waals surface area contributed by atoms with Crippen LogP contribution in [0.4, 0.5) is 5.69 Å². The van der Waals surface area contributed by atoms with Gasteiger partial charge in [0.2, 0.25) is 11.1 Å². The first-order valence-corrected chi connectivity index (χ1v) is 9.06. The molecule has 2 aromatic rings. The van der Waals surface area contributed by atoms with Gasteiger partial charge < -0.3 is 5.32 Å². The summed E-state index contributed by atoms with van der Waals surface area (Å²) in [7, 11) is 0. The molecule has 1 saturated carbocycles. The number of anilines is 1. The van der Waals surface area contributed by atoms with Crippen LogP contribution in [0.15, 0.2) is 29.4 Å². The van der Waals surface area contributed by atoms with Crippen LogP contribution in [-0.4, -0.2) is 26.8 Å². The number of nitrogens with zero attached hydrogens (tertiary/aromatic N) is 3. The molecular weight excluding hydrogens is 322 g/mol. The minimum Gasteiger partial charge on any atom is -0.324 e. The van der Waals surface area contributed by atoms with E-state index in [1.165, 1.54) is 37.4 Å². The predicted molar refractivity (Wildman–Crippen MR) is 92.6 cm³/mol. The summed E-state index contributed by atoms with van der Waals surface area (Å²) in [5.74, 6) is 1.64. The molecule has 6 nitrogen and oxygen atoms in total. The highest BCUT2D eigenvalue weighted by molar-refractivity contribution is 7.99. The first kappa shape index (κ1) is 16.5. The summed E-state index contributed by atoms with van der Waals surface area (Å²) < 4.78 is 0. The van der Waals surface area contributed by atoms with E-state index in [0.29, 0.717) is 22.3 Å². The molecule has 1 heterocycles. The van der Waals surface area contributed by atoms with Crippen molar-refractivity contribution in [1.29, 1.82) is 5.26 Å². The molecule has 1 aromatic carbocycles. The van der Waals surface area contributed by atoms with E-state index in [9.17, 15) is 4.79 Å². The van der Waals surface area contributed by atoms with Crippen LogP contribution in [0.2, 0.25) is 0 Å². The van der Waals surface area contributed by atoms with Crippen LogP contribution >= 0.6 is 11.8 Å². The van der Waals surface area contributed by atoms with Crippen molar-refractivity contribution in [2.24, 2.45) is 5.92 Å². The smallest absolute Gasteiger partial charge is 0.234 e. The molecule has 0 aliphatic heterocycles. The molecule has 1 aliphatic rings. The van der Waals surface area contributed by atoms with E-state index in [4.69, 9.17) is 5.26 Å². The van der Waals surface area contributed by atoms with Gasteiger partial charge in [-0.25, -0.2) is 4.98 Å². The van der Waals surface area contributed by atoms with Gasteiger partial charge in [-0.2, -0.15) is 5.26 Å². The number of aromatic nitrogens is 3. The number of para-hydroxylation sites is 1. The summed E-state index contributed by atoms with van der Waals surface area (Å²) in [6.07, 6.45) is 6.10. The first-order chi connectivity index (χ1) is 11.7. The number of carbonyl (C=O) groups excluding carboxylic acids is 1. The third kappa shape index (κ3) is 4.36. The van der Waals surface area contributed by atoms with Crippen LogP contribution < -0.4 is 5.32 Å². The SMILES string of the molecule is N#Cc1ccccc1NC(=O)CSc1n[nH]c(CC2CCCC2)n1. The van der Waals surface area contributed by atoms with Gasteiger partial charge in [0.15, 0.2) is 0 Å². The fourth-order valence-corrected chi connectivity index (χ4v) is 3.54. The van der Waals surface area contributed by atoms with E-state index in [-0.39, 0.29) is 11.7 Å². The molecule has 0 bridgehead atoms. The zero-order chi connectivity index (χ0) is 16.8. The van der Waals surface area contributed by atoms with Crippen molar-refractivity contribution in [2.75, 3.05) is 11.1 Å². The van der Waals surface area contributed by atoms with Crippen molar-refractivity contribution < 1.29 is 4.79 Å². The van der Waals surface area contributed by atoms with Gasteiger partial charge in [-0.05, 0) is 18.1 Å². The maximum Gasteiger partial charge on any atom is 0.234 e. The molecule has 0 unspecified atom stereocenters. The Morgan fingerprint density at radius 3 is 2.96 bits per heavy atom. The van der Waals surface area contributed by atoms with Gasteiger partial charge in [-0.15, -0.1) is 5.10 Å². The lowest BCUT2D eigenvalue weighted by atomic mass is 10.0. The molecule has 1 amide bonds. The largest absolute Gasteiger partial charge is 0.324 e. The molecule has 2 N–H and O–H groups in total. The molecule has 1 aliphatic carbocycles. The molecule has 7 heteroatoms. The van der Waals surface area contributed by atoms with Gasteiger partial charge in [0.1, 0.15) is 11.9 Å². The monoisotopic (exact) mass is 341 g/mol. The van der Waals surface area contributed by atoms with E-state index in [1.807, 2.05) is 0 Å². The Morgan fingerprint density at radius 2 is 2.17 bits per heavy atom. The Bertz CT molecular complexity index is 745. The predicted octanol–water partition coefficient (Wildman–Crippen LogP) is 3.14. The van der Waals surface area contributed by atoms with Crippen molar-refractivity contribution >= 4 is 23.4 Å². The Labute approximate surface area is 145 Å². The molecule has 0 spiro atoms. The van der Waals surface area contributed by atoms with Gasteiger partial charge in [0, 0.05) is 6.42 Å². The minimum atomic E-state index is -0.176. The zero-order valence-electron chi connectivity index (χ0n) is 13.3. The molecule has 0 radical (unpaired) electrons. The number of hydrogen-bond donors (Lipinski definition) is 2. The number of H-pyrrole nitrogens is 1. The number of thioether (sulfide) groups is 1. The lowest BCUT2D eigenvalue weighted by Gasteiger charge is -2.05. The molecule has 0 atom stereocenters. The van der Waals surface area contributed by atoms with E-state index >= 15 is 0 Å². The van der Waals surface area contributed by atoms with Crippen molar-refractivity contribution in [3.63, 3.8) is 0 Å². The summed E-state index contributed by atoms with van der Waals surface area (Å²) >= 11 is 1.29. The number of amides is 1. The van der Waals surface area contributed by atoms with Gasteiger partial charge in [-0.3, -0.25) is 9.89 Å². The number of hydrogen-bond acceptors (Lipinski definition) is 5. The van der Waals surface area contributed by atoms with Crippen molar-refractivity contribution in [2.45, 2.75) is 37.3 Å². The van der Waals surface area contributed by atoms with Crippen LogP contribution in [-0.2, 0) is 11.2 Å². The first-order valence-electron chi connectivity index (χ1n) is 8.07. The molecule has 3 rings (SSSR count). The number of nitriles is 1. The van der Waals surface area contributed by atoms with Crippen molar-refractivity contribution in [3.05, 3.63) is 35.7 Å². The van der Waals surface area contributed by atoms with Crippen molar-refractivity contribution in [3.8, 4) is 6.07 Å². The quantitative estimate of drug-likeness (QED) is 0.787. The maximum absolute atomic E-state index is 12.0. The number of rotatable bonds is 6. The molecule has 0 saturated heterocycles. The molecule has 124 valence electrons. The summed E-state index contributed by atoms with van der Waals surface area (Å²) in [5, 5.41) is 19.5. The van der Waals surface area contributed by atoms with E-state index < -0.39 is 0 Å². The standard InChI is InChI=1S/C17H19N5OS/c18-10-13-7-3-4-8-14(13)19-16(23)11-24-17-20-15(21-22-17)9-12-5-1-2-6-12/h3-4,7-8,12H,1-2,5-6,9,11H2,(H,19,23)(H,20,21,22). The number of aromatic amines is 1. The van der Waals surface area contributed by atoms with Gasteiger partial charge in [0.25, 0.3) is 0 Å². The average Bonchev–Trinajstić information content (AvgIpc) is 3.26. The molecular formula is C17H19N5OS. The Hall–Kier alpha value is -2.33. The molecule has 1 aromatic heterocycles. The highest BCUT2D eigenvalue weighted by atomic mass is 32.2. The number of benzene rings is 1. The Kier molecular flexibility index (Phi) is 5.49. The molecule has 1 fully saturated rings. The number of carbonyl (C=O) groups is 1. The highest BCUT2D eigenvalue weighted by Gasteiger charge is 2.17. The van der Waals surface area contributed by atoms with Crippen LogP contribution in [0.25, 0.3) is 0 Å². The third-order valence-corrected chi connectivity index (χ3v) is 4.97. The van der Waals surface area contributed by atoms with Gasteiger partial charge in [-0.1, -0.05) is 49.6 Å². The van der Waals surface area contributed by atoms with Gasteiger partial charge in [0.05, 0.1) is 17.0 Å². The topological polar surface area (TPSA) is 94.5 Å². The van der Waals surface area contributed by atoms with E-state index in [0.717, 1.165) is 12.2 Å². The summed E-state index contributed by atoms with van der Waals surface area (Å²) in [5.41, 5.74) is 0.982. The Balaban J connectivity index is 1.49. The maximum atomic E-state index is 12.0. The van der Waals surface area contributed by atoms with E-state index in [1.54, 1.807) is 24.3 Å². The van der Waals surface area contributed by atoms with Crippen LogP contribution in [0.5, 0.6) is 0 Å². The second kappa shape index (κ2) is 7.97. The lowest BCUT2D eigenvalue weighted by Crippen LogP contribution is -2.15. The third-order valence-electron chi connectivity index (χ3n) is 4.12. The van der Waals surface area contributed by atoms with Crippen LogP contribution in [0.3, 0.4) is 0 Å². The molecule has 24 heavy (non-hydrogen) atoms. The van der Waals surface area contributed by atoms with Crippen molar-refractivity contribution in [1.82, 2.24) is 15.2 Å². The summed E-state index contributed by atoms with van der Waals surface area (Å²) in [6, 6.07) is 9.00. The lowest BCUT2D eigenvalue weighted by molar-refractivity contribution is -0.113. The fourth-order valence-electron chi connectivity index (χ4n) is 2.93. The average molecular weight is 341 g/mol. The summed E-state index contributed by atoms with van der Waals surface area (Å²) in [6.45, 7) is 0. The fraction of sp³-hybridized carbons (Fsp3) is 0.412. The normalized spacial score (nSPS) is 14.5. The highest BCUT2D eigenvalue weighted by Crippen LogP contribution is 2.27. The van der Waals surface area contributed by atoms with Crippen LogP contribution in [0.1, 0.15) is 37.1 Å².